The SMILES string of the molecule is Cc1nc(N2CCc3ncc(C(F)(F)F)cc3C2)c2ccc(F)cc2n1. The lowest BCUT2D eigenvalue weighted by Gasteiger charge is -2.30. The number of nitrogens with zero attached hydrogens (tertiary/aromatic N) is 4. The summed E-state index contributed by atoms with van der Waals surface area (Å²) in [4.78, 5) is 14.6. The molecule has 0 unspecified atom stereocenters. The maximum atomic E-state index is 13.5. The average Bonchev–Trinajstić information content (AvgIpc) is 2.59. The quantitative estimate of drug-likeness (QED) is 0.613. The zero-order valence-electron chi connectivity index (χ0n) is 13.8. The molecule has 0 spiro atoms. The first-order valence-corrected chi connectivity index (χ1v) is 8.05. The molecule has 1 aliphatic heterocycles. The van der Waals surface area contributed by atoms with Gasteiger partial charge in [-0.3, -0.25) is 4.98 Å². The second-order valence-corrected chi connectivity index (χ2v) is 6.26. The van der Waals surface area contributed by atoms with E-state index < -0.39 is 17.6 Å². The van der Waals surface area contributed by atoms with E-state index in [-0.39, 0.29) is 6.54 Å². The zero-order chi connectivity index (χ0) is 18.5. The number of aryl methyl sites for hydroxylation is 1. The summed E-state index contributed by atoms with van der Waals surface area (Å²) in [5, 5.41) is 0.667. The van der Waals surface area contributed by atoms with Crippen molar-refractivity contribution in [2.75, 3.05) is 11.4 Å². The molecule has 0 bridgehead atoms. The van der Waals surface area contributed by atoms with Crippen LogP contribution < -0.4 is 4.90 Å². The molecule has 8 heteroatoms. The summed E-state index contributed by atoms with van der Waals surface area (Å²) in [7, 11) is 0. The van der Waals surface area contributed by atoms with E-state index in [1.165, 1.54) is 12.1 Å². The molecule has 0 atom stereocenters. The van der Waals surface area contributed by atoms with Gasteiger partial charge < -0.3 is 4.90 Å². The van der Waals surface area contributed by atoms with Crippen LogP contribution >= 0.6 is 0 Å². The van der Waals surface area contributed by atoms with Gasteiger partial charge in [0.1, 0.15) is 17.5 Å². The fourth-order valence-corrected chi connectivity index (χ4v) is 3.20. The summed E-state index contributed by atoms with van der Waals surface area (Å²) in [6, 6.07) is 5.39. The minimum atomic E-state index is -4.43. The molecule has 0 aliphatic carbocycles. The van der Waals surface area contributed by atoms with Crippen molar-refractivity contribution in [1.29, 1.82) is 0 Å². The molecule has 0 radical (unpaired) electrons. The Balaban J connectivity index is 1.76. The van der Waals surface area contributed by atoms with Crippen molar-refractivity contribution >= 4 is 16.7 Å². The number of hydrogen-bond acceptors (Lipinski definition) is 4. The lowest BCUT2D eigenvalue weighted by atomic mass is 10.0. The van der Waals surface area contributed by atoms with Gasteiger partial charge in [-0.25, -0.2) is 14.4 Å². The van der Waals surface area contributed by atoms with Crippen LogP contribution in [0.1, 0.15) is 22.6 Å². The minimum Gasteiger partial charge on any atom is -0.351 e. The Morgan fingerprint density at radius 2 is 1.92 bits per heavy atom. The maximum absolute atomic E-state index is 13.5. The molecule has 0 saturated heterocycles. The summed E-state index contributed by atoms with van der Waals surface area (Å²) >= 11 is 0. The van der Waals surface area contributed by atoms with E-state index in [0.717, 1.165) is 12.3 Å². The number of anilines is 1. The Hall–Kier alpha value is -2.77. The van der Waals surface area contributed by atoms with Gasteiger partial charge in [0.05, 0.1) is 11.1 Å². The van der Waals surface area contributed by atoms with Crippen LogP contribution in [-0.2, 0) is 19.1 Å². The number of pyridine rings is 1. The first-order valence-electron chi connectivity index (χ1n) is 8.05. The van der Waals surface area contributed by atoms with Gasteiger partial charge in [0.15, 0.2) is 0 Å². The van der Waals surface area contributed by atoms with Crippen molar-refractivity contribution in [2.24, 2.45) is 0 Å². The predicted molar refractivity (Wildman–Crippen MR) is 88.2 cm³/mol. The average molecular weight is 362 g/mol. The molecule has 1 aliphatic rings. The molecule has 0 amide bonds. The summed E-state index contributed by atoms with van der Waals surface area (Å²) in [6.45, 7) is 2.53. The molecule has 4 nitrogen and oxygen atoms in total. The highest BCUT2D eigenvalue weighted by Gasteiger charge is 2.32. The summed E-state index contributed by atoms with van der Waals surface area (Å²) in [5.74, 6) is 0.672. The highest BCUT2D eigenvalue weighted by molar-refractivity contribution is 5.89. The van der Waals surface area contributed by atoms with E-state index in [4.69, 9.17) is 0 Å². The van der Waals surface area contributed by atoms with Crippen molar-refractivity contribution in [1.82, 2.24) is 15.0 Å². The van der Waals surface area contributed by atoms with Crippen molar-refractivity contribution in [3.8, 4) is 0 Å². The fourth-order valence-electron chi connectivity index (χ4n) is 3.20. The van der Waals surface area contributed by atoms with Crippen molar-refractivity contribution < 1.29 is 17.6 Å². The van der Waals surface area contributed by atoms with Crippen LogP contribution in [0.25, 0.3) is 10.9 Å². The highest BCUT2D eigenvalue weighted by atomic mass is 19.4. The van der Waals surface area contributed by atoms with E-state index >= 15 is 0 Å². The topological polar surface area (TPSA) is 41.9 Å². The van der Waals surface area contributed by atoms with Gasteiger partial charge in [-0.1, -0.05) is 0 Å². The molecule has 134 valence electrons. The molecule has 26 heavy (non-hydrogen) atoms. The Morgan fingerprint density at radius 3 is 2.69 bits per heavy atom. The Kier molecular flexibility index (Phi) is 3.78. The number of halogens is 4. The lowest BCUT2D eigenvalue weighted by molar-refractivity contribution is -0.137. The maximum Gasteiger partial charge on any atom is 0.417 e. The minimum absolute atomic E-state index is 0.259. The Morgan fingerprint density at radius 1 is 1.12 bits per heavy atom. The van der Waals surface area contributed by atoms with Gasteiger partial charge in [0, 0.05) is 42.9 Å². The summed E-state index contributed by atoms with van der Waals surface area (Å²) < 4.78 is 52.4. The highest BCUT2D eigenvalue weighted by Crippen LogP contribution is 2.33. The van der Waals surface area contributed by atoms with Crippen molar-refractivity contribution in [3.63, 3.8) is 0 Å². The predicted octanol–water partition coefficient (Wildman–Crippen LogP) is 4.05. The third-order valence-electron chi connectivity index (χ3n) is 4.42. The van der Waals surface area contributed by atoms with E-state index in [1.807, 2.05) is 4.90 Å². The van der Waals surface area contributed by atoms with E-state index in [0.29, 0.717) is 46.8 Å². The van der Waals surface area contributed by atoms with Gasteiger partial charge in [0.2, 0.25) is 0 Å². The molecule has 0 N–H and O–H groups in total. The molecule has 0 saturated carbocycles. The molecule has 3 aromatic rings. The van der Waals surface area contributed by atoms with Crippen LogP contribution in [0.4, 0.5) is 23.4 Å². The monoisotopic (exact) mass is 362 g/mol. The van der Waals surface area contributed by atoms with Crippen molar-refractivity contribution in [3.05, 3.63) is 58.9 Å². The molecule has 4 rings (SSSR count). The number of fused-ring (bicyclic) bond motifs is 2. The van der Waals surface area contributed by atoms with Crippen LogP contribution in [0.5, 0.6) is 0 Å². The number of aromatic nitrogens is 3. The summed E-state index contributed by atoms with van der Waals surface area (Å²) in [6.07, 6.45) is -3.04. The van der Waals surface area contributed by atoms with Gasteiger partial charge in [-0.2, -0.15) is 13.2 Å². The zero-order valence-corrected chi connectivity index (χ0v) is 13.8. The number of rotatable bonds is 1. The molecular formula is C18H14F4N4. The van der Waals surface area contributed by atoms with Crippen LogP contribution in [0.15, 0.2) is 30.5 Å². The van der Waals surface area contributed by atoms with Gasteiger partial charge in [0.25, 0.3) is 0 Å². The molecule has 2 aromatic heterocycles. The normalized spacial score (nSPS) is 14.6. The largest absolute Gasteiger partial charge is 0.417 e. The van der Waals surface area contributed by atoms with Gasteiger partial charge >= 0.3 is 6.18 Å². The van der Waals surface area contributed by atoms with Crippen LogP contribution in [0.3, 0.4) is 0 Å². The second-order valence-electron chi connectivity index (χ2n) is 6.26. The Bertz CT molecular complexity index is 995. The number of hydrogen-bond donors (Lipinski definition) is 0. The lowest BCUT2D eigenvalue weighted by Crippen LogP contribution is -2.32. The molecular weight excluding hydrogens is 348 g/mol. The third kappa shape index (κ3) is 2.95. The number of benzene rings is 1. The fraction of sp³-hybridized carbons (Fsp3) is 0.278. The molecule has 1 aromatic carbocycles. The van der Waals surface area contributed by atoms with Crippen LogP contribution in [0.2, 0.25) is 0 Å². The second kappa shape index (κ2) is 5.89. The molecule has 3 heterocycles. The smallest absolute Gasteiger partial charge is 0.351 e. The van der Waals surface area contributed by atoms with Crippen LogP contribution in [0, 0.1) is 12.7 Å². The van der Waals surface area contributed by atoms with Crippen molar-refractivity contribution in [2.45, 2.75) is 26.1 Å². The molecule has 0 fully saturated rings. The van der Waals surface area contributed by atoms with Crippen LogP contribution in [-0.4, -0.2) is 21.5 Å². The van der Waals surface area contributed by atoms with E-state index in [9.17, 15) is 17.6 Å². The van der Waals surface area contributed by atoms with Gasteiger partial charge in [-0.15, -0.1) is 0 Å². The van der Waals surface area contributed by atoms with E-state index in [2.05, 4.69) is 15.0 Å². The summed E-state index contributed by atoms with van der Waals surface area (Å²) in [5.41, 5.74) is 0.900. The first-order chi connectivity index (χ1) is 12.3. The standard InChI is InChI=1S/C18H14F4N4/c1-10-24-16-7-13(19)2-3-14(16)17(25-10)26-5-4-15-11(9-26)6-12(8-23-15)18(20,21)22/h2-3,6-8H,4-5,9H2,1H3. The van der Waals surface area contributed by atoms with Gasteiger partial charge in [-0.05, 0) is 30.7 Å². The van der Waals surface area contributed by atoms with E-state index in [1.54, 1.807) is 13.0 Å². The Labute approximate surface area is 146 Å². The number of alkyl halides is 3. The third-order valence-corrected chi connectivity index (χ3v) is 4.42. The first kappa shape index (κ1) is 16.7.